The van der Waals surface area contributed by atoms with E-state index in [0.29, 0.717) is 18.1 Å². The molecule has 1 heterocycles. The van der Waals surface area contributed by atoms with Crippen molar-refractivity contribution in [2.24, 2.45) is 0 Å². The van der Waals surface area contributed by atoms with Crippen molar-refractivity contribution in [3.05, 3.63) is 43.0 Å². The second-order valence-electron chi connectivity index (χ2n) is 3.80. The van der Waals surface area contributed by atoms with Crippen LogP contribution in [0.2, 0.25) is 0 Å². The van der Waals surface area contributed by atoms with Crippen molar-refractivity contribution >= 4 is 18.4 Å². The predicted molar refractivity (Wildman–Crippen MR) is 74.5 cm³/mol. The van der Waals surface area contributed by atoms with E-state index in [0.717, 1.165) is 6.54 Å². The summed E-state index contributed by atoms with van der Waals surface area (Å²) < 4.78 is 12.5. The number of imidazole rings is 1. The van der Waals surface area contributed by atoms with E-state index in [-0.39, 0.29) is 19.0 Å². The summed E-state index contributed by atoms with van der Waals surface area (Å²) in [6, 6.07) is 6.83. The van der Waals surface area contributed by atoms with Gasteiger partial charge in [-0.25, -0.2) is 9.78 Å². The number of hydrogen-bond acceptors (Lipinski definition) is 4. The average Bonchev–Trinajstić information content (AvgIpc) is 2.91. The smallest absolute Gasteiger partial charge is 0.341 e. The Labute approximate surface area is 122 Å². The van der Waals surface area contributed by atoms with Gasteiger partial charge in [-0.3, -0.25) is 0 Å². The molecule has 6 nitrogen and oxygen atoms in total. The SMILES string of the molecule is Cl.O=C(O)COc1ccc(OCCn2ccnc2)cc1. The third-order valence-corrected chi connectivity index (χ3v) is 2.36. The Morgan fingerprint density at radius 1 is 1.20 bits per heavy atom. The molecule has 0 aliphatic carbocycles. The van der Waals surface area contributed by atoms with Crippen molar-refractivity contribution in [3.63, 3.8) is 0 Å². The van der Waals surface area contributed by atoms with E-state index >= 15 is 0 Å². The van der Waals surface area contributed by atoms with Crippen LogP contribution in [-0.4, -0.2) is 33.8 Å². The van der Waals surface area contributed by atoms with Gasteiger partial charge in [0.15, 0.2) is 6.61 Å². The lowest BCUT2D eigenvalue weighted by Gasteiger charge is -2.08. The number of carbonyl (C=O) groups is 1. The van der Waals surface area contributed by atoms with Gasteiger partial charge in [0.2, 0.25) is 0 Å². The normalized spacial score (nSPS) is 9.60. The standard InChI is InChI=1S/C13H14N2O4.ClH/c16-13(17)9-19-12-3-1-11(2-4-12)18-8-7-15-6-5-14-10-15;/h1-6,10H,7-9H2,(H,16,17);1H. The Hall–Kier alpha value is -2.21. The number of hydrogen-bond donors (Lipinski definition) is 1. The van der Waals surface area contributed by atoms with Gasteiger partial charge in [0.05, 0.1) is 12.9 Å². The molecular weight excluding hydrogens is 284 g/mol. The first kappa shape index (κ1) is 15.8. The third-order valence-electron chi connectivity index (χ3n) is 2.36. The van der Waals surface area contributed by atoms with Gasteiger partial charge < -0.3 is 19.1 Å². The second kappa shape index (κ2) is 8.06. The maximum absolute atomic E-state index is 10.3. The minimum absolute atomic E-state index is 0. The quantitative estimate of drug-likeness (QED) is 0.844. The Balaban J connectivity index is 0.00000200. The molecule has 0 fully saturated rings. The summed E-state index contributed by atoms with van der Waals surface area (Å²) >= 11 is 0. The second-order valence-corrected chi connectivity index (χ2v) is 3.80. The van der Waals surface area contributed by atoms with Crippen molar-refractivity contribution < 1.29 is 19.4 Å². The molecule has 0 saturated heterocycles. The Bertz CT molecular complexity index is 514. The van der Waals surface area contributed by atoms with E-state index in [1.165, 1.54) is 0 Å². The molecule has 0 radical (unpaired) electrons. The minimum Gasteiger partial charge on any atom is -0.492 e. The van der Waals surface area contributed by atoms with Crippen LogP contribution in [0.1, 0.15) is 0 Å². The number of nitrogens with zero attached hydrogens (tertiary/aromatic N) is 2. The summed E-state index contributed by atoms with van der Waals surface area (Å²) in [6.45, 7) is 0.907. The van der Waals surface area contributed by atoms with E-state index in [1.54, 1.807) is 36.8 Å². The molecule has 0 atom stereocenters. The highest BCUT2D eigenvalue weighted by Gasteiger charge is 2.00. The lowest BCUT2D eigenvalue weighted by molar-refractivity contribution is -0.139. The zero-order valence-corrected chi connectivity index (χ0v) is 11.5. The molecule has 0 bridgehead atoms. The molecule has 2 rings (SSSR count). The monoisotopic (exact) mass is 298 g/mol. The van der Waals surface area contributed by atoms with Crippen molar-refractivity contribution in [1.82, 2.24) is 9.55 Å². The fourth-order valence-electron chi connectivity index (χ4n) is 1.47. The molecule has 20 heavy (non-hydrogen) atoms. The van der Waals surface area contributed by atoms with Crippen LogP contribution in [0.5, 0.6) is 11.5 Å². The molecule has 0 amide bonds. The number of halogens is 1. The summed E-state index contributed by atoms with van der Waals surface area (Å²) in [7, 11) is 0. The zero-order valence-electron chi connectivity index (χ0n) is 10.6. The van der Waals surface area contributed by atoms with Crippen LogP contribution in [0.3, 0.4) is 0 Å². The van der Waals surface area contributed by atoms with Gasteiger partial charge in [0.1, 0.15) is 18.1 Å². The van der Waals surface area contributed by atoms with Gasteiger partial charge in [-0.1, -0.05) is 0 Å². The Morgan fingerprint density at radius 3 is 2.40 bits per heavy atom. The Kier molecular flexibility index (Phi) is 6.39. The van der Waals surface area contributed by atoms with Crippen molar-refractivity contribution in [3.8, 4) is 11.5 Å². The first-order chi connectivity index (χ1) is 9.24. The molecule has 0 saturated carbocycles. The van der Waals surface area contributed by atoms with E-state index in [9.17, 15) is 4.79 Å². The van der Waals surface area contributed by atoms with E-state index in [2.05, 4.69) is 4.98 Å². The van der Waals surface area contributed by atoms with Gasteiger partial charge in [0.25, 0.3) is 0 Å². The highest BCUT2D eigenvalue weighted by atomic mass is 35.5. The third kappa shape index (κ3) is 5.19. The topological polar surface area (TPSA) is 73.6 Å². The average molecular weight is 299 g/mol. The van der Waals surface area contributed by atoms with E-state index in [1.807, 2.05) is 10.8 Å². The van der Waals surface area contributed by atoms with Crippen LogP contribution in [0.25, 0.3) is 0 Å². The van der Waals surface area contributed by atoms with Crippen molar-refractivity contribution in [1.29, 1.82) is 0 Å². The van der Waals surface area contributed by atoms with Crippen LogP contribution >= 0.6 is 12.4 Å². The van der Waals surface area contributed by atoms with Crippen LogP contribution in [0, 0.1) is 0 Å². The number of ether oxygens (including phenoxy) is 2. The van der Waals surface area contributed by atoms with Gasteiger partial charge >= 0.3 is 5.97 Å². The van der Waals surface area contributed by atoms with Gasteiger partial charge in [0, 0.05) is 12.4 Å². The maximum atomic E-state index is 10.3. The fourth-order valence-corrected chi connectivity index (χ4v) is 1.47. The molecule has 0 unspecified atom stereocenters. The fraction of sp³-hybridized carbons (Fsp3) is 0.231. The molecule has 108 valence electrons. The summed E-state index contributed by atoms with van der Waals surface area (Å²) in [4.78, 5) is 14.3. The Morgan fingerprint density at radius 2 is 1.85 bits per heavy atom. The number of carboxylic acids is 1. The van der Waals surface area contributed by atoms with Crippen molar-refractivity contribution in [2.75, 3.05) is 13.2 Å². The molecule has 0 spiro atoms. The zero-order chi connectivity index (χ0) is 13.5. The molecule has 0 aliphatic heterocycles. The summed E-state index contributed by atoms with van der Waals surface area (Å²) in [5.74, 6) is 0.216. The van der Waals surface area contributed by atoms with Crippen LogP contribution in [0.15, 0.2) is 43.0 Å². The van der Waals surface area contributed by atoms with E-state index < -0.39 is 5.97 Å². The van der Waals surface area contributed by atoms with Gasteiger partial charge in [-0.05, 0) is 24.3 Å². The highest BCUT2D eigenvalue weighted by Crippen LogP contribution is 2.17. The molecule has 1 aromatic carbocycles. The first-order valence-electron chi connectivity index (χ1n) is 5.77. The molecule has 1 N–H and O–H groups in total. The number of rotatable bonds is 7. The minimum atomic E-state index is -0.999. The summed E-state index contributed by atoms with van der Waals surface area (Å²) in [6.07, 6.45) is 5.31. The number of carboxylic acid groups (broad SMARTS) is 1. The lowest BCUT2D eigenvalue weighted by Crippen LogP contribution is -2.09. The molecule has 1 aromatic heterocycles. The number of aromatic nitrogens is 2. The summed E-state index contributed by atoms with van der Waals surface area (Å²) in [5.41, 5.74) is 0. The number of benzene rings is 1. The van der Waals surface area contributed by atoms with Crippen molar-refractivity contribution in [2.45, 2.75) is 6.54 Å². The molecule has 2 aromatic rings. The highest BCUT2D eigenvalue weighted by molar-refractivity contribution is 5.85. The van der Waals surface area contributed by atoms with Crippen LogP contribution < -0.4 is 9.47 Å². The predicted octanol–water partition coefficient (Wildman–Crippen LogP) is 1.85. The molecule has 7 heteroatoms. The maximum Gasteiger partial charge on any atom is 0.341 e. The van der Waals surface area contributed by atoms with Gasteiger partial charge in [-0.15, -0.1) is 12.4 Å². The van der Waals surface area contributed by atoms with Gasteiger partial charge in [-0.2, -0.15) is 0 Å². The molecular formula is C13H15ClN2O4. The number of aliphatic carboxylic acids is 1. The molecule has 0 aliphatic rings. The van der Waals surface area contributed by atoms with Crippen LogP contribution in [-0.2, 0) is 11.3 Å². The first-order valence-corrected chi connectivity index (χ1v) is 5.77. The van der Waals surface area contributed by atoms with E-state index in [4.69, 9.17) is 14.6 Å². The summed E-state index contributed by atoms with van der Waals surface area (Å²) in [5, 5.41) is 8.48. The largest absolute Gasteiger partial charge is 0.492 e. The lowest BCUT2D eigenvalue weighted by atomic mass is 10.3. The van der Waals surface area contributed by atoms with Crippen LogP contribution in [0.4, 0.5) is 0 Å².